The highest BCUT2D eigenvalue weighted by Gasteiger charge is 2.51. The van der Waals surface area contributed by atoms with E-state index in [1.807, 2.05) is 6.07 Å². The van der Waals surface area contributed by atoms with E-state index in [9.17, 15) is 0 Å². The standard InChI is InChI=1S/C23H25Cl/c1-4-5-8-20-16(3)19-7-6-9-21(24)22(19)23(20)11-10-17-12-15(2)13-18(23)14-17/h4-9,13,15,17H,3,10-12,14H2,1-2H3/b5-4-,20-8+. The van der Waals surface area contributed by atoms with Crippen molar-refractivity contribution >= 4 is 17.2 Å². The van der Waals surface area contributed by atoms with Gasteiger partial charge in [-0.1, -0.05) is 67.1 Å². The van der Waals surface area contributed by atoms with Crippen LogP contribution < -0.4 is 0 Å². The van der Waals surface area contributed by atoms with Crippen molar-refractivity contribution in [2.45, 2.75) is 44.9 Å². The van der Waals surface area contributed by atoms with E-state index in [1.165, 1.54) is 36.0 Å². The number of allylic oxidation sites excluding steroid dienone is 7. The highest BCUT2D eigenvalue weighted by Crippen LogP contribution is 2.62. The fourth-order valence-electron chi connectivity index (χ4n) is 5.29. The Balaban J connectivity index is 2.02. The Morgan fingerprint density at radius 2 is 2.17 bits per heavy atom. The average molecular weight is 337 g/mol. The summed E-state index contributed by atoms with van der Waals surface area (Å²) in [5, 5.41) is 0.898. The first-order valence-electron chi connectivity index (χ1n) is 9.11. The third-order valence-electron chi connectivity index (χ3n) is 6.18. The summed E-state index contributed by atoms with van der Waals surface area (Å²) in [6.07, 6.45) is 14.1. The smallest absolute Gasteiger partial charge is 0.0456 e. The van der Waals surface area contributed by atoms with Gasteiger partial charge in [0, 0.05) is 10.4 Å². The van der Waals surface area contributed by atoms with E-state index in [1.54, 1.807) is 5.57 Å². The van der Waals surface area contributed by atoms with E-state index in [-0.39, 0.29) is 5.41 Å². The highest BCUT2D eigenvalue weighted by molar-refractivity contribution is 6.32. The summed E-state index contributed by atoms with van der Waals surface area (Å²) in [5.74, 6) is 1.51. The molecule has 24 heavy (non-hydrogen) atoms. The van der Waals surface area contributed by atoms with Crippen molar-refractivity contribution in [1.82, 2.24) is 0 Å². The van der Waals surface area contributed by atoms with Gasteiger partial charge in [0.25, 0.3) is 0 Å². The molecule has 1 heteroatoms. The van der Waals surface area contributed by atoms with Gasteiger partial charge in [-0.2, -0.15) is 0 Å². The summed E-state index contributed by atoms with van der Waals surface area (Å²) >= 11 is 6.76. The first-order valence-corrected chi connectivity index (χ1v) is 9.49. The van der Waals surface area contributed by atoms with Gasteiger partial charge in [0.15, 0.2) is 0 Å². The van der Waals surface area contributed by atoms with Gasteiger partial charge in [-0.15, -0.1) is 0 Å². The minimum atomic E-state index is -0.0462. The molecule has 124 valence electrons. The van der Waals surface area contributed by atoms with E-state index in [2.05, 4.69) is 56.9 Å². The van der Waals surface area contributed by atoms with Crippen molar-refractivity contribution in [3.05, 3.63) is 76.4 Å². The fraction of sp³-hybridized carbons (Fsp3) is 0.391. The van der Waals surface area contributed by atoms with Gasteiger partial charge in [0.2, 0.25) is 0 Å². The van der Waals surface area contributed by atoms with E-state index in [0.717, 1.165) is 22.9 Å². The van der Waals surface area contributed by atoms with Gasteiger partial charge in [0.1, 0.15) is 0 Å². The minimum Gasteiger partial charge on any atom is -0.0908 e. The Morgan fingerprint density at radius 1 is 1.33 bits per heavy atom. The summed E-state index contributed by atoms with van der Waals surface area (Å²) in [6, 6.07) is 6.30. The topological polar surface area (TPSA) is 0 Å². The lowest BCUT2D eigenvalue weighted by molar-refractivity contribution is 0.284. The van der Waals surface area contributed by atoms with Crippen molar-refractivity contribution in [2.24, 2.45) is 11.8 Å². The summed E-state index contributed by atoms with van der Waals surface area (Å²) < 4.78 is 0. The second-order valence-electron chi connectivity index (χ2n) is 7.67. The van der Waals surface area contributed by atoms with Gasteiger partial charge >= 0.3 is 0 Å². The number of benzene rings is 1. The van der Waals surface area contributed by atoms with Gasteiger partial charge in [0.05, 0.1) is 0 Å². The molecule has 0 amide bonds. The van der Waals surface area contributed by atoms with Gasteiger partial charge in [-0.3, -0.25) is 0 Å². The van der Waals surface area contributed by atoms with E-state index in [4.69, 9.17) is 11.6 Å². The first-order chi connectivity index (χ1) is 11.6. The molecule has 0 nitrogen and oxygen atoms in total. The minimum absolute atomic E-state index is 0.0462. The summed E-state index contributed by atoms with van der Waals surface area (Å²) in [7, 11) is 0. The Hall–Kier alpha value is -1.53. The highest BCUT2D eigenvalue weighted by atomic mass is 35.5. The number of fused-ring (bicyclic) bond motifs is 5. The number of hydrogen-bond acceptors (Lipinski definition) is 0. The molecule has 0 radical (unpaired) electrons. The monoisotopic (exact) mass is 336 g/mol. The summed E-state index contributed by atoms with van der Waals surface area (Å²) in [4.78, 5) is 0. The molecule has 1 spiro atoms. The Kier molecular flexibility index (Phi) is 3.84. The number of rotatable bonds is 1. The average Bonchev–Trinajstić information content (AvgIpc) is 2.80. The first kappa shape index (κ1) is 16.0. The molecule has 0 heterocycles. The van der Waals surface area contributed by atoms with Crippen LogP contribution in [-0.2, 0) is 5.41 Å². The van der Waals surface area contributed by atoms with E-state index >= 15 is 0 Å². The van der Waals surface area contributed by atoms with Gasteiger partial charge < -0.3 is 0 Å². The molecular weight excluding hydrogens is 312 g/mol. The zero-order valence-corrected chi connectivity index (χ0v) is 15.4. The molecule has 4 rings (SSSR count). The lowest BCUT2D eigenvalue weighted by Gasteiger charge is -2.45. The van der Waals surface area contributed by atoms with Crippen LogP contribution in [0.3, 0.4) is 0 Å². The largest absolute Gasteiger partial charge is 0.0908 e. The van der Waals surface area contributed by atoms with Crippen LogP contribution in [0, 0.1) is 11.8 Å². The molecule has 0 aromatic heterocycles. The Labute approximate surface area is 150 Å². The van der Waals surface area contributed by atoms with Crippen LogP contribution in [0.4, 0.5) is 0 Å². The number of halogens is 1. The molecule has 1 saturated carbocycles. The van der Waals surface area contributed by atoms with Crippen molar-refractivity contribution in [3.8, 4) is 0 Å². The third-order valence-corrected chi connectivity index (χ3v) is 6.50. The van der Waals surface area contributed by atoms with Crippen LogP contribution in [-0.4, -0.2) is 0 Å². The SMILES string of the molecule is C=C1/C(=C\C=C/C)C2(CCC3CC2=CC(C)C3)c2c(Cl)cccc21. The van der Waals surface area contributed by atoms with Crippen LogP contribution in [0.2, 0.25) is 5.02 Å². The predicted octanol–water partition coefficient (Wildman–Crippen LogP) is 6.87. The molecule has 0 aliphatic heterocycles. The molecule has 2 bridgehead atoms. The van der Waals surface area contributed by atoms with Crippen molar-refractivity contribution in [2.75, 3.05) is 0 Å². The summed E-state index contributed by atoms with van der Waals surface area (Å²) in [6.45, 7) is 8.89. The zero-order chi connectivity index (χ0) is 16.9. The molecule has 0 saturated heterocycles. The van der Waals surface area contributed by atoms with Crippen LogP contribution in [0.5, 0.6) is 0 Å². The zero-order valence-electron chi connectivity index (χ0n) is 14.6. The molecule has 3 aliphatic carbocycles. The molecule has 1 aromatic carbocycles. The Bertz CT molecular complexity index is 792. The quantitative estimate of drug-likeness (QED) is 0.490. The van der Waals surface area contributed by atoms with Gasteiger partial charge in [-0.25, -0.2) is 0 Å². The number of hydrogen-bond donors (Lipinski definition) is 0. The lowest BCUT2D eigenvalue weighted by Crippen LogP contribution is -2.37. The second kappa shape index (κ2) is 5.77. The fourth-order valence-corrected chi connectivity index (χ4v) is 5.63. The third kappa shape index (κ3) is 2.12. The lowest BCUT2D eigenvalue weighted by atomic mass is 9.58. The second-order valence-corrected chi connectivity index (χ2v) is 8.07. The molecule has 1 aromatic rings. The molecule has 3 aliphatic rings. The van der Waals surface area contributed by atoms with Crippen LogP contribution in [0.15, 0.2) is 60.2 Å². The van der Waals surface area contributed by atoms with Crippen molar-refractivity contribution in [1.29, 1.82) is 0 Å². The van der Waals surface area contributed by atoms with Gasteiger partial charge in [-0.05, 0) is 72.8 Å². The maximum Gasteiger partial charge on any atom is 0.0456 e. The predicted molar refractivity (Wildman–Crippen MR) is 104 cm³/mol. The molecule has 3 atom stereocenters. The van der Waals surface area contributed by atoms with Crippen LogP contribution >= 0.6 is 11.6 Å². The van der Waals surface area contributed by atoms with Crippen LogP contribution in [0.25, 0.3) is 5.57 Å². The van der Waals surface area contributed by atoms with Crippen LogP contribution in [0.1, 0.15) is 50.7 Å². The Morgan fingerprint density at radius 3 is 2.96 bits per heavy atom. The van der Waals surface area contributed by atoms with Crippen molar-refractivity contribution in [3.63, 3.8) is 0 Å². The molecular formula is C23H25Cl. The molecule has 1 fully saturated rings. The van der Waals surface area contributed by atoms with E-state index in [0.29, 0.717) is 5.92 Å². The van der Waals surface area contributed by atoms with E-state index < -0.39 is 0 Å². The molecule has 3 unspecified atom stereocenters. The maximum absolute atomic E-state index is 6.76. The normalized spacial score (nSPS) is 33.4. The summed E-state index contributed by atoms with van der Waals surface area (Å²) in [5.41, 5.74) is 6.61. The molecule has 0 N–H and O–H groups in total. The van der Waals surface area contributed by atoms with Crippen molar-refractivity contribution < 1.29 is 0 Å². The maximum atomic E-state index is 6.76.